The van der Waals surface area contributed by atoms with E-state index in [1.54, 1.807) is 24.3 Å². The Balaban J connectivity index is 1.78. The van der Waals surface area contributed by atoms with E-state index in [0.717, 1.165) is 16.8 Å². The second kappa shape index (κ2) is 7.92. The van der Waals surface area contributed by atoms with Crippen LogP contribution in [-0.4, -0.2) is 17.4 Å². The minimum absolute atomic E-state index is 0.154. The van der Waals surface area contributed by atoms with Gasteiger partial charge in [0.15, 0.2) is 11.4 Å². The smallest absolute Gasteiger partial charge is 0.231 e. The van der Waals surface area contributed by atoms with Gasteiger partial charge in [-0.2, -0.15) is 0 Å². The molecule has 1 aromatic heterocycles. The zero-order valence-electron chi connectivity index (χ0n) is 15.5. The summed E-state index contributed by atoms with van der Waals surface area (Å²) in [5, 5.41) is 0. The Morgan fingerprint density at radius 3 is 2.39 bits per heavy atom. The van der Waals surface area contributed by atoms with Gasteiger partial charge in [-0.1, -0.05) is 42.5 Å². The number of oxazole rings is 1. The van der Waals surface area contributed by atoms with Crippen LogP contribution in [0.25, 0.3) is 22.7 Å². The Kier molecular flexibility index (Phi) is 5.02. The third-order valence-corrected chi connectivity index (χ3v) is 4.31. The topological polar surface area (TPSA) is 52.3 Å². The van der Waals surface area contributed by atoms with E-state index in [4.69, 9.17) is 9.15 Å². The molecule has 0 atom stereocenters. The summed E-state index contributed by atoms with van der Waals surface area (Å²) in [6.07, 6.45) is 1.81. The van der Waals surface area contributed by atoms with Crippen LogP contribution in [0.15, 0.2) is 83.3 Å². The lowest BCUT2D eigenvalue weighted by atomic mass is 10.0. The molecule has 138 valence electrons. The van der Waals surface area contributed by atoms with E-state index in [1.807, 2.05) is 67.6 Å². The fraction of sp³-hybridized carbons (Fsp3) is 0.0833. The fourth-order valence-electron chi connectivity index (χ4n) is 2.95. The van der Waals surface area contributed by atoms with Crippen molar-refractivity contribution in [2.24, 2.45) is 0 Å². The first-order valence-electron chi connectivity index (χ1n) is 9.15. The number of nitrogens with zero attached hydrogens (tertiary/aromatic N) is 1. The average Bonchev–Trinajstić information content (AvgIpc) is 3.17. The first-order valence-corrected chi connectivity index (χ1v) is 9.15. The van der Waals surface area contributed by atoms with Gasteiger partial charge in [-0.25, -0.2) is 4.98 Å². The molecule has 0 spiro atoms. The lowest BCUT2D eigenvalue weighted by Crippen LogP contribution is -2.03. The third-order valence-electron chi connectivity index (χ3n) is 4.31. The number of hydrogen-bond donors (Lipinski definition) is 0. The summed E-state index contributed by atoms with van der Waals surface area (Å²) in [4.78, 5) is 17.8. The molecule has 0 unspecified atom stereocenters. The number of fused-ring (bicyclic) bond motifs is 1. The van der Waals surface area contributed by atoms with Crippen molar-refractivity contribution in [3.63, 3.8) is 0 Å². The van der Waals surface area contributed by atoms with Gasteiger partial charge in [-0.3, -0.25) is 4.79 Å². The first kappa shape index (κ1) is 17.7. The molecule has 4 rings (SSSR count). The highest BCUT2D eigenvalue weighted by atomic mass is 16.5. The van der Waals surface area contributed by atoms with Crippen molar-refractivity contribution >= 4 is 28.5 Å². The number of Topliss-reactive ketones (excluding diaryl/α,β-unsaturated/α-hetero) is 1. The van der Waals surface area contributed by atoms with Gasteiger partial charge in [0.2, 0.25) is 5.89 Å². The molecule has 0 radical (unpaired) electrons. The SMILES string of the molecule is CCOc1ccc(C(=O)C(=Cc2ccccc2)c2nc3ccccc3o2)cc1. The van der Waals surface area contributed by atoms with Crippen molar-refractivity contribution in [1.82, 2.24) is 4.98 Å². The van der Waals surface area contributed by atoms with Gasteiger partial charge in [0.1, 0.15) is 11.3 Å². The molecule has 4 nitrogen and oxygen atoms in total. The average molecular weight is 369 g/mol. The molecule has 28 heavy (non-hydrogen) atoms. The molecular formula is C24H19NO3. The number of carbonyl (C=O) groups is 1. The molecular weight excluding hydrogens is 350 g/mol. The Bertz CT molecular complexity index is 1090. The Morgan fingerprint density at radius 2 is 1.68 bits per heavy atom. The number of carbonyl (C=O) groups excluding carboxylic acids is 1. The Morgan fingerprint density at radius 1 is 0.964 bits per heavy atom. The number of ketones is 1. The van der Waals surface area contributed by atoms with Crippen LogP contribution in [0.5, 0.6) is 5.75 Å². The molecule has 0 fully saturated rings. The van der Waals surface area contributed by atoms with Crippen LogP contribution in [0.4, 0.5) is 0 Å². The van der Waals surface area contributed by atoms with Crippen LogP contribution >= 0.6 is 0 Å². The molecule has 0 bridgehead atoms. The van der Waals surface area contributed by atoms with Gasteiger partial charge in [-0.05, 0) is 55.0 Å². The maximum Gasteiger partial charge on any atom is 0.231 e. The van der Waals surface area contributed by atoms with Crippen molar-refractivity contribution < 1.29 is 13.9 Å². The van der Waals surface area contributed by atoms with Gasteiger partial charge < -0.3 is 9.15 Å². The highest BCUT2D eigenvalue weighted by Crippen LogP contribution is 2.26. The number of para-hydroxylation sites is 2. The van der Waals surface area contributed by atoms with E-state index in [-0.39, 0.29) is 5.78 Å². The second-order valence-corrected chi connectivity index (χ2v) is 6.24. The molecule has 0 aliphatic carbocycles. The lowest BCUT2D eigenvalue weighted by molar-refractivity contribution is 0.105. The number of ether oxygens (including phenoxy) is 1. The zero-order valence-corrected chi connectivity index (χ0v) is 15.5. The molecule has 0 aliphatic rings. The standard InChI is InChI=1S/C24H19NO3/c1-2-27-19-14-12-18(13-15-19)23(26)20(16-17-8-4-3-5-9-17)24-25-21-10-6-7-11-22(21)28-24/h3-16H,2H2,1H3. The van der Waals surface area contributed by atoms with Crippen molar-refractivity contribution in [2.45, 2.75) is 6.92 Å². The summed E-state index contributed by atoms with van der Waals surface area (Å²) >= 11 is 0. The fourth-order valence-corrected chi connectivity index (χ4v) is 2.95. The van der Waals surface area contributed by atoms with Crippen LogP contribution in [-0.2, 0) is 0 Å². The second-order valence-electron chi connectivity index (χ2n) is 6.24. The maximum absolute atomic E-state index is 13.3. The highest BCUT2D eigenvalue weighted by Gasteiger charge is 2.20. The van der Waals surface area contributed by atoms with Crippen molar-refractivity contribution in [3.8, 4) is 5.75 Å². The van der Waals surface area contributed by atoms with E-state index in [2.05, 4.69) is 4.98 Å². The van der Waals surface area contributed by atoms with Crippen molar-refractivity contribution in [3.05, 3.63) is 95.9 Å². The number of rotatable bonds is 6. The van der Waals surface area contributed by atoms with Crippen LogP contribution in [0.3, 0.4) is 0 Å². The van der Waals surface area contributed by atoms with Gasteiger partial charge in [-0.15, -0.1) is 0 Å². The lowest BCUT2D eigenvalue weighted by Gasteiger charge is -2.06. The van der Waals surface area contributed by atoms with E-state index in [1.165, 1.54) is 0 Å². The summed E-state index contributed by atoms with van der Waals surface area (Å²) < 4.78 is 11.3. The largest absolute Gasteiger partial charge is 0.494 e. The number of benzene rings is 3. The minimum Gasteiger partial charge on any atom is -0.494 e. The molecule has 0 saturated heterocycles. The molecule has 0 saturated carbocycles. The quantitative estimate of drug-likeness (QED) is 0.325. The molecule has 1 heterocycles. The third kappa shape index (κ3) is 3.71. The van der Waals surface area contributed by atoms with Crippen molar-refractivity contribution in [2.75, 3.05) is 6.61 Å². The molecule has 3 aromatic carbocycles. The molecule has 0 amide bonds. The van der Waals surface area contributed by atoms with E-state index in [0.29, 0.717) is 29.2 Å². The van der Waals surface area contributed by atoms with E-state index >= 15 is 0 Å². The van der Waals surface area contributed by atoms with Crippen LogP contribution in [0, 0.1) is 0 Å². The number of hydrogen-bond acceptors (Lipinski definition) is 4. The predicted molar refractivity (Wildman–Crippen MR) is 110 cm³/mol. The molecule has 4 aromatic rings. The summed E-state index contributed by atoms with van der Waals surface area (Å²) in [7, 11) is 0. The summed E-state index contributed by atoms with van der Waals surface area (Å²) in [6, 6.07) is 24.3. The van der Waals surface area contributed by atoms with Crippen molar-refractivity contribution in [1.29, 1.82) is 0 Å². The van der Waals surface area contributed by atoms with Crippen LogP contribution in [0.2, 0.25) is 0 Å². The molecule has 0 N–H and O–H groups in total. The normalized spacial score (nSPS) is 11.5. The Hall–Kier alpha value is -3.66. The maximum atomic E-state index is 13.3. The highest BCUT2D eigenvalue weighted by molar-refractivity contribution is 6.31. The first-order chi connectivity index (χ1) is 13.7. The van der Waals surface area contributed by atoms with Crippen LogP contribution in [0.1, 0.15) is 28.7 Å². The van der Waals surface area contributed by atoms with Gasteiger partial charge in [0, 0.05) is 5.56 Å². The minimum atomic E-state index is -0.154. The molecule has 4 heteroatoms. The predicted octanol–water partition coefficient (Wildman–Crippen LogP) is 5.65. The summed E-state index contributed by atoms with van der Waals surface area (Å²) in [5.74, 6) is 0.886. The van der Waals surface area contributed by atoms with Gasteiger partial charge >= 0.3 is 0 Å². The van der Waals surface area contributed by atoms with Gasteiger partial charge in [0.05, 0.1) is 12.2 Å². The van der Waals surface area contributed by atoms with E-state index < -0.39 is 0 Å². The van der Waals surface area contributed by atoms with E-state index in [9.17, 15) is 4.79 Å². The zero-order chi connectivity index (χ0) is 19.3. The molecule has 0 aliphatic heterocycles. The summed E-state index contributed by atoms with van der Waals surface area (Å²) in [6.45, 7) is 2.50. The van der Waals surface area contributed by atoms with Crippen LogP contribution < -0.4 is 4.74 Å². The summed E-state index contributed by atoms with van der Waals surface area (Å²) in [5.41, 5.74) is 3.23. The monoisotopic (exact) mass is 369 g/mol. The number of allylic oxidation sites excluding steroid dienone is 1. The Labute approximate surface area is 163 Å². The number of aromatic nitrogens is 1. The van der Waals surface area contributed by atoms with Gasteiger partial charge in [0.25, 0.3) is 0 Å².